The molecule has 9 heteroatoms. The number of nitrogens with one attached hydrogen (secondary N) is 2. The predicted molar refractivity (Wildman–Crippen MR) is 90.2 cm³/mol. The summed E-state index contributed by atoms with van der Waals surface area (Å²) in [6.07, 6.45) is 0.631. The lowest BCUT2D eigenvalue weighted by molar-refractivity contribution is -0.144. The maximum atomic E-state index is 11.5. The number of hydrogen-bond acceptors (Lipinski definition) is 6. The molecule has 3 atom stereocenters. The van der Waals surface area contributed by atoms with E-state index >= 15 is 0 Å². The van der Waals surface area contributed by atoms with Crippen molar-refractivity contribution in [3.05, 3.63) is 16.8 Å². The fraction of sp³-hybridized carbons (Fsp3) is 0.533. The molecule has 1 aromatic heterocycles. The van der Waals surface area contributed by atoms with E-state index in [1.54, 1.807) is 6.07 Å². The molecule has 2 heterocycles. The fourth-order valence-electron chi connectivity index (χ4n) is 2.98. The number of aliphatic carboxylic acids is 1. The number of anilines is 1. The Morgan fingerprint density at radius 1 is 1.50 bits per heavy atom. The molecular formula is C15H18ClN3O4S. The zero-order chi connectivity index (χ0) is 17.3. The number of amides is 1. The van der Waals surface area contributed by atoms with Crippen LogP contribution in [0, 0.1) is 5.92 Å². The number of rotatable bonds is 4. The molecule has 130 valence electrons. The van der Waals surface area contributed by atoms with Gasteiger partial charge in [-0.1, -0.05) is 11.6 Å². The standard InChI is InChI=1S/C15H18ClN3O4S/c16-8-4-12-14(19-13(21)6-24-12)18-10(8)5-17-9-2-1-7(15(22)23)3-11(9)20/h4,7,9,11,17,20H,1-3,5-6H2,(H,22,23)(H,18,19,21). The molecule has 3 rings (SSSR count). The summed E-state index contributed by atoms with van der Waals surface area (Å²) in [6.45, 7) is 0.339. The number of aliphatic hydroxyl groups excluding tert-OH is 1. The van der Waals surface area contributed by atoms with Crippen LogP contribution in [-0.2, 0) is 16.1 Å². The summed E-state index contributed by atoms with van der Waals surface area (Å²) < 4.78 is 0. The van der Waals surface area contributed by atoms with E-state index in [1.807, 2.05) is 0 Å². The summed E-state index contributed by atoms with van der Waals surface area (Å²) >= 11 is 7.64. The Morgan fingerprint density at radius 2 is 2.29 bits per heavy atom. The molecular weight excluding hydrogens is 354 g/mol. The van der Waals surface area contributed by atoms with Crippen molar-refractivity contribution in [2.75, 3.05) is 11.1 Å². The lowest BCUT2D eigenvalue weighted by atomic mass is 9.84. The first kappa shape index (κ1) is 17.5. The van der Waals surface area contributed by atoms with E-state index in [0.717, 1.165) is 4.90 Å². The number of carbonyl (C=O) groups is 2. The molecule has 24 heavy (non-hydrogen) atoms. The Balaban J connectivity index is 1.64. The van der Waals surface area contributed by atoms with Crippen molar-refractivity contribution in [3.8, 4) is 0 Å². The van der Waals surface area contributed by atoms with Gasteiger partial charge in [0.15, 0.2) is 0 Å². The van der Waals surface area contributed by atoms with Gasteiger partial charge in [-0.05, 0) is 25.3 Å². The Morgan fingerprint density at radius 3 is 3.00 bits per heavy atom. The van der Waals surface area contributed by atoms with E-state index in [2.05, 4.69) is 15.6 Å². The first-order chi connectivity index (χ1) is 11.4. The minimum atomic E-state index is -0.861. The maximum absolute atomic E-state index is 11.5. The van der Waals surface area contributed by atoms with Crippen molar-refractivity contribution in [1.82, 2.24) is 10.3 Å². The number of thioether (sulfide) groups is 1. The van der Waals surface area contributed by atoms with Crippen molar-refractivity contribution in [2.24, 2.45) is 5.92 Å². The maximum Gasteiger partial charge on any atom is 0.306 e. The van der Waals surface area contributed by atoms with E-state index in [9.17, 15) is 14.7 Å². The first-order valence-corrected chi connectivity index (χ1v) is 9.06. The van der Waals surface area contributed by atoms with Gasteiger partial charge < -0.3 is 20.8 Å². The Bertz CT molecular complexity index is 672. The molecule has 1 saturated carbocycles. The van der Waals surface area contributed by atoms with Crippen molar-refractivity contribution < 1.29 is 19.8 Å². The molecule has 0 saturated heterocycles. The molecule has 0 spiro atoms. The second-order valence-electron chi connectivity index (χ2n) is 6.00. The summed E-state index contributed by atoms with van der Waals surface area (Å²) in [4.78, 5) is 27.7. The largest absolute Gasteiger partial charge is 0.481 e. The highest BCUT2D eigenvalue weighted by atomic mass is 35.5. The first-order valence-electron chi connectivity index (χ1n) is 7.70. The van der Waals surface area contributed by atoms with Crippen molar-refractivity contribution >= 4 is 41.1 Å². The smallest absolute Gasteiger partial charge is 0.306 e. The second kappa shape index (κ2) is 7.26. The number of aromatic nitrogens is 1. The SMILES string of the molecule is O=C1CSc2cc(Cl)c(CNC3CCC(C(=O)O)CC3O)nc2N1. The minimum Gasteiger partial charge on any atom is -0.481 e. The van der Waals surface area contributed by atoms with Gasteiger partial charge in [-0.3, -0.25) is 9.59 Å². The van der Waals surface area contributed by atoms with Crippen LogP contribution in [0.15, 0.2) is 11.0 Å². The van der Waals surface area contributed by atoms with Crippen LogP contribution < -0.4 is 10.6 Å². The Kier molecular flexibility index (Phi) is 5.29. The van der Waals surface area contributed by atoms with Crippen LogP contribution in [-0.4, -0.2) is 45.0 Å². The fourth-order valence-corrected chi connectivity index (χ4v) is 4.06. The lowest BCUT2D eigenvalue weighted by Gasteiger charge is -2.32. The number of fused-ring (bicyclic) bond motifs is 1. The van der Waals surface area contributed by atoms with E-state index in [-0.39, 0.29) is 18.4 Å². The molecule has 1 aromatic rings. The van der Waals surface area contributed by atoms with Crippen LogP contribution in [0.5, 0.6) is 0 Å². The van der Waals surface area contributed by atoms with Gasteiger partial charge in [-0.25, -0.2) is 4.98 Å². The zero-order valence-electron chi connectivity index (χ0n) is 12.8. The topological polar surface area (TPSA) is 112 Å². The monoisotopic (exact) mass is 371 g/mol. The number of nitrogens with zero attached hydrogens (tertiary/aromatic N) is 1. The summed E-state index contributed by atoms with van der Waals surface area (Å²) in [5.41, 5.74) is 0.589. The van der Waals surface area contributed by atoms with E-state index < -0.39 is 18.0 Å². The van der Waals surface area contributed by atoms with Crippen LogP contribution in [0.4, 0.5) is 5.82 Å². The quantitative estimate of drug-likeness (QED) is 0.634. The number of aliphatic hydroxyl groups is 1. The summed E-state index contributed by atoms with van der Waals surface area (Å²) in [5.74, 6) is -0.589. The molecule has 1 amide bonds. The second-order valence-corrected chi connectivity index (χ2v) is 7.43. The van der Waals surface area contributed by atoms with Gasteiger partial charge >= 0.3 is 5.97 Å². The molecule has 0 radical (unpaired) electrons. The summed E-state index contributed by atoms with van der Waals surface area (Å²) in [5, 5.41) is 25.6. The molecule has 0 aromatic carbocycles. The molecule has 4 N–H and O–H groups in total. The molecule has 1 aliphatic carbocycles. The van der Waals surface area contributed by atoms with Gasteiger partial charge in [0.1, 0.15) is 5.82 Å². The third-order valence-corrected chi connectivity index (χ3v) is 5.68. The van der Waals surface area contributed by atoms with Crippen LogP contribution in [0.3, 0.4) is 0 Å². The molecule has 3 unspecified atom stereocenters. The lowest BCUT2D eigenvalue weighted by Crippen LogP contribution is -2.45. The van der Waals surface area contributed by atoms with Crippen molar-refractivity contribution in [2.45, 2.75) is 42.8 Å². The number of carboxylic acid groups (broad SMARTS) is 1. The number of halogens is 1. The predicted octanol–water partition coefficient (Wildman–Crippen LogP) is 1.48. The highest BCUT2D eigenvalue weighted by Gasteiger charge is 2.32. The number of carbonyl (C=O) groups excluding carboxylic acids is 1. The van der Waals surface area contributed by atoms with Crippen molar-refractivity contribution in [3.63, 3.8) is 0 Å². The normalized spacial score (nSPS) is 26.6. The highest BCUT2D eigenvalue weighted by Crippen LogP contribution is 2.33. The summed E-state index contributed by atoms with van der Waals surface area (Å²) in [7, 11) is 0. The van der Waals surface area contributed by atoms with Crippen LogP contribution >= 0.6 is 23.4 Å². The third-order valence-electron chi connectivity index (χ3n) is 4.33. The molecule has 2 aliphatic rings. The molecule has 1 fully saturated rings. The van der Waals surface area contributed by atoms with Gasteiger partial charge in [0.2, 0.25) is 5.91 Å². The molecule has 0 bridgehead atoms. The van der Waals surface area contributed by atoms with Crippen molar-refractivity contribution in [1.29, 1.82) is 0 Å². The van der Waals surface area contributed by atoms with Crippen LogP contribution in [0.1, 0.15) is 25.0 Å². The number of hydrogen-bond donors (Lipinski definition) is 4. The summed E-state index contributed by atoms with van der Waals surface area (Å²) in [6, 6.07) is 1.58. The van der Waals surface area contributed by atoms with Crippen LogP contribution in [0.25, 0.3) is 0 Å². The van der Waals surface area contributed by atoms with Gasteiger partial charge in [-0.2, -0.15) is 0 Å². The zero-order valence-corrected chi connectivity index (χ0v) is 14.4. The molecule has 1 aliphatic heterocycles. The average molecular weight is 372 g/mol. The number of carboxylic acids is 1. The average Bonchev–Trinajstić information content (AvgIpc) is 2.54. The van der Waals surface area contributed by atoms with E-state index in [0.29, 0.717) is 41.7 Å². The Labute approximate surface area is 148 Å². The molecule has 7 nitrogen and oxygen atoms in total. The number of pyridine rings is 1. The van der Waals surface area contributed by atoms with Gasteiger partial charge in [0.25, 0.3) is 0 Å². The van der Waals surface area contributed by atoms with Crippen LogP contribution in [0.2, 0.25) is 5.02 Å². The minimum absolute atomic E-state index is 0.0938. The van der Waals surface area contributed by atoms with Gasteiger partial charge in [0.05, 0.1) is 33.4 Å². The third kappa shape index (κ3) is 3.83. The van der Waals surface area contributed by atoms with Gasteiger partial charge in [-0.15, -0.1) is 11.8 Å². The van der Waals surface area contributed by atoms with Gasteiger partial charge in [0, 0.05) is 12.6 Å². The highest BCUT2D eigenvalue weighted by molar-refractivity contribution is 8.00. The van der Waals surface area contributed by atoms with E-state index in [1.165, 1.54) is 11.8 Å². The Hall–Kier alpha value is -1.35. The van der Waals surface area contributed by atoms with E-state index in [4.69, 9.17) is 16.7 Å².